The average Bonchev–Trinajstić information content (AvgIpc) is 2.64. The summed E-state index contributed by atoms with van der Waals surface area (Å²) in [5.74, 6) is -1.48. The minimum Gasteiger partial charge on any atom is -0.428 e. The minimum absolute atomic E-state index is 0.225. The highest BCUT2D eigenvalue weighted by Crippen LogP contribution is 2.25. The number of carbonyl (C=O) groups excluding carboxylic acids is 1. The molecule has 0 unspecified atom stereocenters. The molecule has 0 aliphatic rings. The van der Waals surface area contributed by atoms with Gasteiger partial charge in [-0.3, -0.25) is 0 Å². The normalized spacial score (nSPS) is 10.9. The number of carbonyl (C=O) groups is 1. The first-order valence-corrected chi connectivity index (χ1v) is 9.03. The molecule has 0 aliphatic carbocycles. The largest absolute Gasteiger partial charge is 0.428 e. The van der Waals surface area contributed by atoms with Crippen LogP contribution in [0.15, 0.2) is 51.7 Å². The van der Waals surface area contributed by atoms with Crippen LogP contribution >= 0.6 is 0 Å². The molecule has 1 heterocycles. The van der Waals surface area contributed by atoms with Gasteiger partial charge in [0.15, 0.2) is 11.6 Å². The molecule has 0 bridgehead atoms. The molecule has 3 rings (SSSR count). The number of fused-ring (bicyclic) bond motifs is 1. The topological polar surface area (TPSA) is 56.5 Å². The molecule has 0 aliphatic heterocycles. The highest BCUT2D eigenvalue weighted by Gasteiger charge is 2.17. The Morgan fingerprint density at radius 1 is 1.11 bits per heavy atom. The van der Waals surface area contributed by atoms with Crippen molar-refractivity contribution in [1.29, 1.82) is 0 Å². The lowest BCUT2D eigenvalue weighted by molar-refractivity contribution is 0.0728. The van der Waals surface area contributed by atoms with Crippen LogP contribution in [0, 0.1) is 12.7 Å². The Labute approximate surface area is 156 Å². The van der Waals surface area contributed by atoms with E-state index >= 15 is 0 Å². The first-order chi connectivity index (χ1) is 13.0. The second kappa shape index (κ2) is 8.16. The number of benzene rings is 2. The van der Waals surface area contributed by atoms with Crippen LogP contribution < -0.4 is 10.4 Å². The molecule has 0 radical (unpaired) electrons. The maximum atomic E-state index is 14.6. The number of aryl methyl sites for hydroxylation is 2. The van der Waals surface area contributed by atoms with Crippen LogP contribution in [-0.2, 0) is 6.42 Å². The maximum absolute atomic E-state index is 14.6. The lowest BCUT2D eigenvalue weighted by Gasteiger charge is -2.08. The summed E-state index contributed by atoms with van der Waals surface area (Å²) in [6.45, 7) is 3.76. The zero-order chi connectivity index (χ0) is 19.4. The van der Waals surface area contributed by atoms with Gasteiger partial charge in [0.25, 0.3) is 0 Å². The Hall–Kier alpha value is -2.95. The van der Waals surface area contributed by atoms with Crippen LogP contribution in [0.5, 0.6) is 5.75 Å². The summed E-state index contributed by atoms with van der Waals surface area (Å²) in [5, 5.41) is 0.176. The average molecular weight is 368 g/mol. The van der Waals surface area contributed by atoms with E-state index in [4.69, 9.17) is 9.15 Å². The fourth-order valence-electron chi connectivity index (χ4n) is 2.97. The van der Waals surface area contributed by atoms with E-state index < -0.39 is 17.4 Å². The SMILES string of the molecule is CCCCCc1ccc(C(=O)Oc2ccc3cc(C)oc(=O)c3c2F)cc1. The van der Waals surface area contributed by atoms with E-state index in [-0.39, 0.29) is 11.1 Å². The molecule has 0 atom stereocenters. The smallest absolute Gasteiger partial charge is 0.346 e. The van der Waals surface area contributed by atoms with Crippen molar-refractivity contribution in [3.05, 3.63) is 75.6 Å². The fourth-order valence-corrected chi connectivity index (χ4v) is 2.97. The number of hydrogen-bond acceptors (Lipinski definition) is 4. The predicted octanol–water partition coefficient (Wildman–Crippen LogP) is 5.19. The van der Waals surface area contributed by atoms with Crippen molar-refractivity contribution in [3.63, 3.8) is 0 Å². The lowest BCUT2D eigenvalue weighted by atomic mass is 10.1. The number of unbranched alkanes of at least 4 members (excludes halogenated alkanes) is 2. The molecule has 3 aromatic rings. The van der Waals surface area contributed by atoms with Crippen molar-refractivity contribution in [3.8, 4) is 5.75 Å². The van der Waals surface area contributed by atoms with Crippen LogP contribution in [-0.4, -0.2) is 5.97 Å². The van der Waals surface area contributed by atoms with Gasteiger partial charge in [-0.1, -0.05) is 38.0 Å². The monoisotopic (exact) mass is 368 g/mol. The molecule has 0 spiro atoms. The summed E-state index contributed by atoms with van der Waals surface area (Å²) >= 11 is 0. The second-order valence-electron chi connectivity index (χ2n) is 6.53. The molecule has 4 nitrogen and oxygen atoms in total. The van der Waals surface area contributed by atoms with E-state index in [0.717, 1.165) is 24.8 Å². The van der Waals surface area contributed by atoms with Crippen molar-refractivity contribution in [2.75, 3.05) is 0 Å². The summed E-state index contributed by atoms with van der Waals surface area (Å²) < 4.78 is 24.7. The van der Waals surface area contributed by atoms with Crippen molar-refractivity contribution >= 4 is 16.7 Å². The van der Waals surface area contributed by atoms with E-state index in [1.54, 1.807) is 25.1 Å². The third-order valence-electron chi connectivity index (χ3n) is 4.42. The highest BCUT2D eigenvalue weighted by atomic mass is 19.1. The van der Waals surface area contributed by atoms with Crippen LogP contribution in [0.25, 0.3) is 10.8 Å². The lowest BCUT2D eigenvalue weighted by Crippen LogP contribution is -2.11. The Morgan fingerprint density at radius 2 is 1.85 bits per heavy atom. The molecule has 0 fully saturated rings. The van der Waals surface area contributed by atoms with E-state index in [9.17, 15) is 14.0 Å². The van der Waals surface area contributed by atoms with Gasteiger partial charge in [0.05, 0.1) is 5.56 Å². The van der Waals surface area contributed by atoms with Crippen molar-refractivity contribution in [2.45, 2.75) is 39.5 Å². The van der Waals surface area contributed by atoms with Gasteiger partial charge in [-0.15, -0.1) is 0 Å². The first kappa shape index (κ1) is 18.8. The summed E-state index contributed by atoms with van der Waals surface area (Å²) in [6, 6.07) is 11.5. The van der Waals surface area contributed by atoms with Crippen LogP contribution in [0.1, 0.15) is 47.9 Å². The number of halogens is 1. The predicted molar refractivity (Wildman–Crippen MR) is 102 cm³/mol. The summed E-state index contributed by atoms with van der Waals surface area (Å²) in [4.78, 5) is 24.2. The van der Waals surface area contributed by atoms with E-state index in [2.05, 4.69) is 6.92 Å². The number of rotatable bonds is 6. The van der Waals surface area contributed by atoms with Gasteiger partial charge < -0.3 is 9.15 Å². The van der Waals surface area contributed by atoms with Crippen LogP contribution in [0.2, 0.25) is 0 Å². The summed E-state index contributed by atoms with van der Waals surface area (Å²) in [7, 11) is 0. The third-order valence-corrected chi connectivity index (χ3v) is 4.42. The Balaban J connectivity index is 1.80. The van der Waals surface area contributed by atoms with Gasteiger partial charge in [0, 0.05) is 0 Å². The maximum Gasteiger partial charge on any atom is 0.346 e. The van der Waals surface area contributed by atoms with Gasteiger partial charge in [-0.05, 0) is 55.0 Å². The summed E-state index contributed by atoms with van der Waals surface area (Å²) in [5.41, 5.74) is 0.673. The molecular formula is C22H21FO4. The second-order valence-corrected chi connectivity index (χ2v) is 6.53. The van der Waals surface area contributed by atoms with Gasteiger partial charge in [-0.2, -0.15) is 0 Å². The molecule has 0 amide bonds. The number of esters is 1. The number of ether oxygens (including phenoxy) is 1. The van der Waals surface area contributed by atoms with E-state index in [1.165, 1.54) is 18.6 Å². The quantitative estimate of drug-likeness (QED) is 0.341. The molecule has 2 aromatic carbocycles. The Morgan fingerprint density at radius 3 is 2.56 bits per heavy atom. The highest BCUT2D eigenvalue weighted by molar-refractivity contribution is 5.92. The van der Waals surface area contributed by atoms with Crippen molar-refractivity contribution < 1.29 is 18.3 Å². The van der Waals surface area contributed by atoms with Gasteiger partial charge in [0.1, 0.15) is 11.1 Å². The van der Waals surface area contributed by atoms with Gasteiger partial charge >= 0.3 is 11.6 Å². The third kappa shape index (κ3) is 4.25. The minimum atomic E-state index is -0.897. The standard InChI is InChI=1S/C22H21FO4/c1-3-4-5-6-15-7-9-16(10-8-15)21(24)27-18-12-11-17-13-14(2)26-22(25)19(17)20(18)23/h7-13H,3-6H2,1-2H3. The van der Waals surface area contributed by atoms with E-state index in [1.807, 2.05) is 12.1 Å². The first-order valence-electron chi connectivity index (χ1n) is 9.03. The molecule has 140 valence electrons. The molecule has 0 N–H and O–H groups in total. The fraction of sp³-hybridized carbons (Fsp3) is 0.273. The number of hydrogen-bond donors (Lipinski definition) is 0. The zero-order valence-corrected chi connectivity index (χ0v) is 15.4. The van der Waals surface area contributed by atoms with Crippen LogP contribution in [0.3, 0.4) is 0 Å². The summed E-state index contributed by atoms with van der Waals surface area (Å²) in [6.07, 6.45) is 4.38. The molecule has 27 heavy (non-hydrogen) atoms. The molecular weight excluding hydrogens is 347 g/mol. The van der Waals surface area contributed by atoms with Crippen LogP contribution in [0.4, 0.5) is 4.39 Å². The van der Waals surface area contributed by atoms with Crippen molar-refractivity contribution in [2.24, 2.45) is 0 Å². The molecule has 5 heteroatoms. The van der Waals surface area contributed by atoms with E-state index in [0.29, 0.717) is 16.7 Å². The Kier molecular flexibility index (Phi) is 5.69. The molecule has 1 aromatic heterocycles. The molecule has 0 saturated carbocycles. The Bertz CT molecular complexity index is 1020. The van der Waals surface area contributed by atoms with Gasteiger partial charge in [-0.25, -0.2) is 14.0 Å². The zero-order valence-electron chi connectivity index (χ0n) is 15.4. The van der Waals surface area contributed by atoms with Crippen molar-refractivity contribution in [1.82, 2.24) is 0 Å². The van der Waals surface area contributed by atoms with Gasteiger partial charge in [0.2, 0.25) is 0 Å². The molecule has 0 saturated heterocycles.